The van der Waals surface area contributed by atoms with E-state index in [1.807, 2.05) is 46.0 Å². The van der Waals surface area contributed by atoms with E-state index in [0.717, 1.165) is 15.7 Å². The zero-order chi connectivity index (χ0) is 28.7. The first-order valence-corrected chi connectivity index (χ1v) is 14.0. The molecule has 40 heavy (non-hydrogen) atoms. The Morgan fingerprint density at radius 3 is 2.42 bits per heavy atom. The molecule has 1 aliphatic rings. The van der Waals surface area contributed by atoms with Crippen LogP contribution in [0, 0.1) is 6.92 Å². The van der Waals surface area contributed by atoms with Gasteiger partial charge in [-0.3, -0.25) is 19.0 Å². The smallest absolute Gasteiger partial charge is 0.263 e. The summed E-state index contributed by atoms with van der Waals surface area (Å²) < 4.78 is 4.24. The van der Waals surface area contributed by atoms with Crippen LogP contribution in [0.4, 0.5) is 0 Å². The summed E-state index contributed by atoms with van der Waals surface area (Å²) in [6.07, 6.45) is 3.89. The van der Waals surface area contributed by atoms with Gasteiger partial charge in [0.2, 0.25) is 5.95 Å². The lowest BCUT2D eigenvalue weighted by Crippen LogP contribution is -2.46. The summed E-state index contributed by atoms with van der Waals surface area (Å²) in [6.45, 7) is 8.21. The Morgan fingerprint density at radius 1 is 1.10 bits per heavy atom. The van der Waals surface area contributed by atoms with Gasteiger partial charge in [0.25, 0.3) is 17.4 Å². The van der Waals surface area contributed by atoms with Crippen molar-refractivity contribution in [3.05, 3.63) is 103 Å². The molecule has 0 bridgehead atoms. The number of aromatic nitrogens is 4. The van der Waals surface area contributed by atoms with Crippen LogP contribution in [0.15, 0.2) is 64.3 Å². The molecule has 1 N–H and O–H groups in total. The Balaban J connectivity index is 1.62. The topological polar surface area (TPSA) is 102 Å². The van der Waals surface area contributed by atoms with Gasteiger partial charge in [-0.25, -0.2) is 14.5 Å². The number of nitrogens with zero attached hydrogens (tertiary/aromatic N) is 5. The van der Waals surface area contributed by atoms with Gasteiger partial charge < -0.3 is 10.2 Å². The second-order valence-corrected chi connectivity index (χ2v) is 11.3. The highest BCUT2D eigenvalue weighted by Crippen LogP contribution is 2.26. The van der Waals surface area contributed by atoms with Gasteiger partial charge in [0, 0.05) is 40.4 Å². The fourth-order valence-corrected chi connectivity index (χ4v) is 5.17. The number of benzene rings is 2. The largest absolute Gasteiger partial charge is 0.355 e. The Hall–Kier alpha value is -4.05. The number of aryl methyl sites for hydroxylation is 1. The van der Waals surface area contributed by atoms with E-state index in [1.165, 1.54) is 0 Å². The summed E-state index contributed by atoms with van der Waals surface area (Å²) in [4.78, 5) is 51.0. The zero-order valence-electron chi connectivity index (χ0n) is 23.1. The average molecular weight is 604 g/mol. The summed E-state index contributed by atoms with van der Waals surface area (Å²) in [5, 5.41) is 2.61. The molecule has 2 aromatic carbocycles. The minimum Gasteiger partial charge on any atom is -0.355 e. The maximum absolute atomic E-state index is 14.1. The first-order valence-electron chi connectivity index (χ1n) is 13.2. The van der Waals surface area contributed by atoms with E-state index in [-0.39, 0.29) is 35.9 Å². The van der Waals surface area contributed by atoms with Crippen LogP contribution >= 0.6 is 15.9 Å². The van der Waals surface area contributed by atoms with Crippen LogP contribution in [0.3, 0.4) is 0 Å². The first kappa shape index (κ1) is 27.5. The second-order valence-electron chi connectivity index (χ2n) is 10.4. The van der Waals surface area contributed by atoms with Crippen LogP contribution in [0.1, 0.15) is 69.9 Å². The summed E-state index contributed by atoms with van der Waals surface area (Å²) >= 11 is 3.50. The van der Waals surface area contributed by atoms with Gasteiger partial charge in [-0.1, -0.05) is 29.8 Å². The van der Waals surface area contributed by atoms with Crippen LogP contribution < -0.4 is 10.9 Å². The van der Waals surface area contributed by atoms with Gasteiger partial charge in [-0.2, -0.15) is 0 Å². The molecule has 0 aliphatic carbocycles. The molecule has 0 fully saturated rings. The summed E-state index contributed by atoms with van der Waals surface area (Å²) in [5.41, 5.74) is 4.45. The third kappa shape index (κ3) is 4.99. The lowest BCUT2D eigenvalue weighted by molar-refractivity contribution is 0.0652. The highest BCUT2D eigenvalue weighted by Gasteiger charge is 2.32. The molecule has 1 atom stereocenters. The van der Waals surface area contributed by atoms with Gasteiger partial charge >= 0.3 is 0 Å². The number of carbonyl (C=O) groups excluding carboxylic acids is 2. The predicted octanol–water partition coefficient (Wildman–Crippen LogP) is 4.56. The minimum absolute atomic E-state index is 0.101. The van der Waals surface area contributed by atoms with E-state index in [9.17, 15) is 14.4 Å². The van der Waals surface area contributed by atoms with E-state index in [1.54, 1.807) is 57.7 Å². The van der Waals surface area contributed by atoms with Crippen molar-refractivity contribution < 1.29 is 9.59 Å². The Morgan fingerprint density at radius 2 is 1.80 bits per heavy atom. The third-order valence-electron chi connectivity index (χ3n) is 7.30. The van der Waals surface area contributed by atoms with Crippen molar-refractivity contribution in [2.75, 3.05) is 7.05 Å². The number of hydrogen-bond acceptors (Lipinski definition) is 5. The summed E-state index contributed by atoms with van der Waals surface area (Å²) in [6, 6.07) is 12.2. The molecule has 0 saturated heterocycles. The van der Waals surface area contributed by atoms with Crippen molar-refractivity contribution in [2.24, 2.45) is 0 Å². The summed E-state index contributed by atoms with van der Waals surface area (Å²) in [7, 11) is 1.57. The fourth-order valence-electron chi connectivity index (χ4n) is 4.92. The van der Waals surface area contributed by atoms with E-state index < -0.39 is 0 Å². The number of imidazole rings is 1. The Labute approximate surface area is 241 Å². The van der Waals surface area contributed by atoms with Gasteiger partial charge in [0.15, 0.2) is 0 Å². The molecule has 9 nitrogen and oxygen atoms in total. The molecule has 1 aliphatic heterocycles. The summed E-state index contributed by atoms with van der Waals surface area (Å²) in [5.74, 6) is 0.251. The Kier molecular flexibility index (Phi) is 7.46. The van der Waals surface area contributed by atoms with Crippen LogP contribution in [-0.2, 0) is 13.0 Å². The number of nitrogens with one attached hydrogen (secondary N) is 1. The molecule has 3 heterocycles. The number of amides is 2. The predicted molar refractivity (Wildman–Crippen MR) is 156 cm³/mol. The van der Waals surface area contributed by atoms with Crippen LogP contribution in [0.2, 0.25) is 0 Å². The molecule has 4 aromatic rings. The van der Waals surface area contributed by atoms with Crippen LogP contribution in [0.25, 0.3) is 11.6 Å². The number of carbonyl (C=O) groups is 2. The molecule has 206 valence electrons. The third-order valence-corrected chi connectivity index (χ3v) is 8.19. The van der Waals surface area contributed by atoms with E-state index in [4.69, 9.17) is 4.98 Å². The molecular formula is C30H31BrN6O3. The standard InChI is InChI=1S/C30H31BrN6O3/c1-17(2)25-14-35(16-33-25)30-34-26-15-36(28(39)21-8-11-24(31)18(3)12-21)19(4)13-23(26)29(40)37(30)22-9-6-20(7-10-22)27(38)32-5/h6-12,14,16-17,19H,13,15H2,1-5H3,(H,32,38)/t19-/m0/s1. The van der Waals surface area contributed by atoms with E-state index in [0.29, 0.717) is 40.4 Å². The minimum atomic E-state index is -0.210. The number of fused-ring (bicyclic) bond motifs is 1. The van der Waals surface area contributed by atoms with Crippen molar-refractivity contribution >= 4 is 27.7 Å². The highest BCUT2D eigenvalue weighted by atomic mass is 79.9. The van der Waals surface area contributed by atoms with Crippen molar-refractivity contribution in [1.82, 2.24) is 29.3 Å². The molecular weight excluding hydrogens is 572 g/mol. The van der Waals surface area contributed by atoms with E-state index in [2.05, 4.69) is 26.2 Å². The number of rotatable bonds is 5. The molecule has 2 amide bonds. The quantitative estimate of drug-likeness (QED) is 0.361. The normalized spacial score (nSPS) is 14.8. The number of hydrogen-bond donors (Lipinski definition) is 1. The van der Waals surface area contributed by atoms with Crippen molar-refractivity contribution in [1.29, 1.82) is 0 Å². The molecule has 2 aromatic heterocycles. The first-order chi connectivity index (χ1) is 19.1. The van der Waals surface area contributed by atoms with Gasteiger partial charge in [0.1, 0.15) is 6.33 Å². The lowest BCUT2D eigenvalue weighted by atomic mass is 9.98. The lowest BCUT2D eigenvalue weighted by Gasteiger charge is -2.34. The molecule has 0 saturated carbocycles. The second kappa shape index (κ2) is 10.8. The van der Waals surface area contributed by atoms with Crippen LogP contribution in [0.5, 0.6) is 0 Å². The molecule has 10 heteroatoms. The fraction of sp³-hybridized carbons (Fsp3) is 0.300. The maximum atomic E-state index is 14.1. The van der Waals surface area contributed by atoms with Crippen molar-refractivity contribution in [2.45, 2.75) is 52.6 Å². The molecule has 0 radical (unpaired) electrons. The Bertz CT molecular complexity index is 1670. The van der Waals surface area contributed by atoms with Crippen molar-refractivity contribution in [3.8, 4) is 11.6 Å². The number of halogens is 1. The molecule has 5 rings (SSSR count). The van der Waals surface area contributed by atoms with Crippen molar-refractivity contribution in [3.63, 3.8) is 0 Å². The maximum Gasteiger partial charge on any atom is 0.263 e. The monoisotopic (exact) mass is 602 g/mol. The average Bonchev–Trinajstić information content (AvgIpc) is 3.45. The van der Waals surface area contributed by atoms with E-state index >= 15 is 0 Å². The molecule has 0 spiro atoms. The van der Waals surface area contributed by atoms with Crippen LogP contribution in [-0.4, -0.2) is 48.9 Å². The SMILES string of the molecule is CNC(=O)c1ccc(-n2c(-n3cnc(C(C)C)c3)nc3c(c2=O)C[C@H](C)N(C(=O)c2ccc(Br)c(C)c2)C3)cc1. The molecule has 0 unspecified atom stereocenters. The van der Waals surface area contributed by atoms with Gasteiger partial charge in [0.05, 0.1) is 23.6 Å². The zero-order valence-corrected chi connectivity index (χ0v) is 24.7. The van der Waals surface area contributed by atoms with Gasteiger partial charge in [-0.05, 0) is 74.2 Å². The van der Waals surface area contributed by atoms with Gasteiger partial charge in [-0.15, -0.1) is 0 Å². The highest BCUT2D eigenvalue weighted by molar-refractivity contribution is 9.10.